The third-order valence-corrected chi connectivity index (χ3v) is 3.63. The lowest BCUT2D eigenvalue weighted by Gasteiger charge is -2.40. The second-order valence-electron chi connectivity index (χ2n) is 4.96. The summed E-state index contributed by atoms with van der Waals surface area (Å²) in [6.07, 6.45) is 4.15. The molecule has 4 heteroatoms. The third-order valence-electron chi connectivity index (χ3n) is 3.63. The molecule has 0 spiro atoms. The Balaban J connectivity index is 2.92. The maximum Gasteiger partial charge on any atom is 0.246 e. The van der Waals surface area contributed by atoms with Crippen LogP contribution in [0.2, 0.25) is 0 Å². The summed E-state index contributed by atoms with van der Waals surface area (Å²) in [7, 11) is 0. The van der Waals surface area contributed by atoms with Gasteiger partial charge in [-0.25, -0.2) is 0 Å². The molecule has 0 aliphatic carbocycles. The van der Waals surface area contributed by atoms with Gasteiger partial charge in [0.05, 0.1) is 0 Å². The van der Waals surface area contributed by atoms with Gasteiger partial charge >= 0.3 is 0 Å². The van der Waals surface area contributed by atoms with Crippen LogP contribution in [0, 0.1) is 5.92 Å². The summed E-state index contributed by atoms with van der Waals surface area (Å²) in [5.41, 5.74) is 0. The van der Waals surface area contributed by atoms with Gasteiger partial charge in [-0.05, 0) is 12.3 Å². The zero-order chi connectivity index (χ0) is 13.7. The Morgan fingerprint density at radius 3 is 2.61 bits per heavy atom. The average molecular weight is 252 g/mol. The van der Waals surface area contributed by atoms with Crippen molar-refractivity contribution in [2.24, 2.45) is 5.92 Å². The van der Waals surface area contributed by atoms with Gasteiger partial charge in [0.25, 0.3) is 0 Å². The van der Waals surface area contributed by atoms with E-state index in [4.69, 9.17) is 0 Å². The summed E-state index contributed by atoms with van der Waals surface area (Å²) in [4.78, 5) is 26.2. The fourth-order valence-corrected chi connectivity index (χ4v) is 2.32. The number of carbonyl (C=O) groups excluding carboxylic acids is 2. The maximum absolute atomic E-state index is 12.4. The van der Waals surface area contributed by atoms with Gasteiger partial charge in [-0.15, -0.1) is 6.58 Å². The highest BCUT2D eigenvalue weighted by Gasteiger charge is 2.40. The lowest BCUT2D eigenvalue weighted by molar-refractivity contribution is -0.150. The predicted octanol–water partition coefficient (Wildman–Crippen LogP) is 1.71. The van der Waals surface area contributed by atoms with Crippen molar-refractivity contribution in [3.05, 3.63) is 12.7 Å². The Bertz CT molecular complexity index is 328. The second-order valence-corrected chi connectivity index (χ2v) is 4.96. The molecule has 4 nitrogen and oxygen atoms in total. The molecule has 0 radical (unpaired) electrons. The van der Waals surface area contributed by atoms with Crippen LogP contribution in [0.3, 0.4) is 0 Å². The summed E-state index contributed by atoms with van der Waals surface area (Å²) < 4.78 is 0. The molecule has 0 aromatic heterocycles. The third kappa shape index (κ3) is 2.92. The van der Waals surface area contributed by atoms with Crippen molar-refractivity contribution in [1.82, 2.24) is 10.2 Å². The first kappa shape index (κ1) is 14.7. The number of nitrogens with one attached hydrogen (secondary N) is 1. The lowest BCUT2D eigenvalue weighted by atomic mass is 9.93. The molecule has 1 rings (SSSR count). The molecule has 0 aromatic rings. The van der Waals surface area contributed by atoms with Crippen molar-refractivity contribution in [1.29, 1.82) is 0 Å². The van der Waals surface area contributed by atoms with Crippen LogP contribution in [0.15, 0.2) is 12.7 Å². The number of hydrogen-bond donors (Lipinski definition) is 1. The Morgan fingerprint density at radius 1 is 1.44 bits per heavy atom. The Hall–Kier alpha value is -1.32. The molecular weight excluding hydrogens is 228 g/mol. The van der Waals surface area contributed by atoms with Gasteiger partial charge in [0.15, 0.2) is 0 Å². The zero-order valence-electron chi connectivity index (χ0n) is 11.6. The van der Waals surface area contributed by atoms with Gasteiger partial charge in [0.2, 0.25) is 11.8 Å². The molecule has 102 valence electrons. The van der Waals surface area contributed by atoms with Crippen LogP contribution in [-0.2, 0) is 9.59 Å². The summed E-state index contributed by atoms with van der Waals surface area (Å²) in [5, 5.41) is 2.88. The smallest absolute Gasteiger partial charge is 0.246 e. The molecule has 0 bridgehead atoms. The molecule has 1 fully saturated rings. The van der Waals surface area contributed by atoms with Gasteiger partial charge in [0, 0.05) is 6.54 Å². The average Bonchev–Trinajstić information content (AvgIpc) is 2.36. The first-order valence-corrected chi connectivity index (χ1v) is 6.78. The van der Waals surface area contributed by atoms with Gasteiger partial charge in [-0.3, -0.25) is 9.59 Å². The summed E-state index contributed by atoms with van der Waals surface area (Å²) in [6.45, 7) is 10.2. The molecule has 18 heavy (non-hydrogen) atoms. The number of nitrogens with zero attached hydrogens (tertiary/aromatic N) is 1. The van der Waals surface area contributed by atoms with Crippen molar-refractivity contribution < 1.29 is 9.59 Å². The van der Waals surface area contributed by atoms with Crippen molar-refractivity contribution in [2.45, 2.75) is 52.1 Å². The first-order chi connectivity index (χ1) is 8.56. The number of rotatable bonds is 6. The van der Waals surface area contributed by atoms with Crippen molar-refractivity contribution in [3.8, 4) is 0 Å². The number of carbonyl (C=O) groups is 2. The predicted molar refractivity (Wildman–Crippen MR) is 72.0 cm³/mol. The van der Waals surface area contributed by atoms with E-state index in [1.165, 1.54) is 0 Å². The molecule has 0 aromatic carbocycles. The molecular formula is C14H24N2O2. The van der Waals surface area contributed by atoms with Gasteiger partial charge in [-0.1, -0.05) is 39.7 Å². The quantitative estimate of drug-likeness (QED) is 0.732. The molecule has 1 heterocycles. The van der Waals surface area contributed by atoms with E-state index in [2.05, 4.69) is 11.9 Å². The van der Waals surface area contributed by atoms with Crippen molar-refractivity contribution in [3.63, 3.8) is 0 Å². The van der Waals surface area contributed by atoms with E-state index in [9.17, 15) is 9.59 Å². The van der Waals surface area contributed by atoms with Gasteiger partial charge in [-0.2, -0.15) is 0 Å². The molecule has 3 unspecified atom stereocenters. The van der Waals surface area contributed by atoms with Crippen LogP contribution in [-0.4, -0.2) is 35.3 Å². The van der Waals surface area contributed by atoms with Crippen LogP contribution in [0.25, 0.3) is 0 Å². The minimum atomic E-state index is -0.379. The van der Waals surface area contributed by atoms with Crippen LogP contribution in [0.1, 0.15) is 40.0 Å². The number of piperazine rings is 1. The minimum absolute atomic E-state index is 0.0244. The summed E-state index contributed by atoms with van der Waals surface area (Å²) >= 11 is 0. The van der Waals surface area contributed by atoms with E-state index >= 15 is 0 Å². The van der Waals surface area contributed by atoms with Crippen LogP contribution in [0.4, 0.5) is 0 Å². The van der Waals surface area contributed by atoms with E-state index in [1.54, 1.807) is 11.0 Å². The highest BCUT2D eigenvalue weighted by molar-refractivity contribution is 5.97. The highest BCUT2D eigenvalue weighted by atomic mass is 16.2. The highest BCUT2D eigenvalue weighted by Crippen LogP contribution is 2.20. The van der Waals surface area contributed by atoms with Gasteiger partial charge < -0.3 is 10.2 Å². The summed E-state index contributed by atoms with van der Waals surface area (Å²) in [5.74, 6) is 0.169. The molecule has 1 N–H and O–H groups in total. The van der Waals surface area contributed by atoms with Crippen molar-refractivity contribution >= 4 is 11.8 Å². The maximum atomic E-state index is 12.4. The zero-order valence-corrected chi connectivity index (χ0v) is 11.6. The lowest BCUT2D eigenvalue weighted by Crippen LogP contribution is -2.64. The van der Waals surface area contributed by atoms with Gasteiger partial charge in [0.1, 0.15) is 12.1 Å². The van der Waals surface area contributed by atoms with E-state index in [0.29, 0.717) is 13.0 Å². The van der Waals surface area contributed by atoms with Crippen molar-refractivity contribution in [2.75, 3.05) is 6.54 Å². The first-order valence-electron chi connectivity index (χ1n) is 6.78. The fraction of sp³-hybridized carbons (Fsp3) is 0.714. The fourth-order valence-electron chi connectivity index (χ4n) is 2.32. The summed E-state index contributed by atoms with van der Waals surface area (Å²) in [6, 6.07) is -0.712. The van der Waals surface area contributed by atoms with E-state index in [0.717, 1.165) is 12.8 Å². The second kappa shape index (κ2) is 6.57. The monoisotopic (exact) mass is 252 g/mol. The van der Waals surface area contributed by atoms with Crippen LogP contribution < -0.4 is 5.32 Å². The minimum Gasteiger partial charge on any atom is -0.342 e. The Kier molecular flexibility index (Phi) is 5.38. The van der Waals surface area contributed by atoms with E-state index in [1.807, 2.05) is 20.8 Å². The largest absolute Gasteiger partial charge is 0.342 e. The topological polar surface area (TPSA) is 49.4 Å². The number of hydrogen-bond acceptors (Lipinski definition) is 2. The molecule has 3 atom stereocenters. The molecule has 0 saturated carbocycles. The normalized spacial score (nSPS) is 25.8. The number of amides is 2. The molecule has 1 aliphatic rings. The Morgan fingerprint density at radius 2 is 2.11 bits per heavy atom. The Labute approximate surface area is 109 Å². The van der Waals surface area contributed by atoms with E-state index < -0.39 is 0 Å². The van der Waals surface area contributed by atoms with Crippen LogP contribution >= 0.6 is 0 Å². The molecule has 1 saturated heterocycles. The SMILES string of the molecule is C=CCN1C(=O)C(C(C)CC)NC(=O)C1CCC. The van der Waals surface area contributed by atoms with E-state index in [-0.39, 0.29) is 29.8 Å². The van der Waals surface area contributed by atoms with Crippen LogP contribution in [0.5, 0.6) is 0 Å². The standard InChI is InChI=1S/C14H24N2O2/c1-5-8-11-13(17)15-12(10(4)7-3)14(18)16(11)9-6-2/h6,10-12H,2,5,7-9H2,1,3-4H3,(H,15,17). The molecule has 2 amide bonds. The molecule has 1 aliphatic heterocycles.